The topological polar surface area (TPSA) is 20.5 Å². The molecule has 0 unspecified atom stereocenters. The maximum Gasteiger partial charge on any atom is 0.145 e. The first-order chi connectivity index (χ1) is 9.77. The van der Waals surface area contributed by atoms with Gasteiger partial charge in [0.2, 0.25) is 0 Å². The Morgan fingerprint density at radius 2 is 1.65 bits per heavy atom. The van der Waals surface area contributed by atoms with Crippen LogP contribution < -0.4 is 4.90 Å². The summed E-state index contributed by atoms with van der Waals surface area (Å²) in [6, 6.07) is 14.9. The van der Waals surface area contributed by atoms with Crippen molar-refractivity contribution in [3.63, 3.8) is 0 Å². The molecule has 98 valence electrons. The van der Waals surface area contributed by atoms with Crippen molar-refractivity contribution in [2.45, 2.75) is 0 Å². The lowest BCUT2D eigenvalue weighted by Gasteiger charge is -2.17. The van der Waals surface area contributed by atoms with E-state index < -0.39 is 0 Å². The van der Waals surface area contributed by atoms with Gasteiger partial charge in [-0.05, 0) is 11.5 Å². The molecule has 2 aromatic heterocycles. The fourth-order valence-corrected chi connectivity index (χ4v) is 2.96. The molecule has 0 aliphatic rings. The number of anilines is 1. The van der Waals surface area contributed by atoms with Gasteiger partial charge in [0.15, 0.2) is 0 Å². The minimum absolute atomic E-state index is 1.02. The molecule has 2 aromatic carbocycles. The van der Waals surface area contributed by atoms with Crippen LogP contribution in [0.25, 0.3) is 27.3 Å². The molecule has 0 spiro atoms. The Hall–Kier alpha value is -2.55. The summed E-state index contributed by atoms with van der Waals surface area (Å²) in [6.45, 7) is 0. The molecule has 0 aliphatic heterocycles. The Kier molecular flexibility index (Phi) is 2.24. The zero-order valence-electron chi connectivity index (χ0n) is 11.5. The van der Waals surface area contributed by atoms with E-state index in [2.05, 4.69) is 70.8 Å². The lowest BCUT2D eigenvalue weighted by Crippen LogP contribution is -2.10. The second-order valence-electron chi connectivity index (χ2n) is 5.23. The van der Waals surface area contributed by atoms with Crippen LogP contribution in [0.5, 0.6) is 0 Å². The van der Waals surface area contributed by atoms with Crippen LogP contribution in [-0.2, 0) is 0 Å². The number of aromatic nitrogens is 2. The first-order valence-corrected chi connectivity index (χ1v) is 6.71. The van der Waals surface area contributed by atoms with Crippen molar-refractivity contribution < 1.29 is 0 Å². The zero-order chi connectivity index (χ0) is 13.7. The van der Waals surface area contributed by atoms with Gasteiger partial charge in [-0.3, -0.25) is 4.40 Å². The van der Waals surface area contributed by atoms with E-state index in [0.29, 0.717) is 0 Å². The Morgan fingerprint density at radius 3 is 2.45 bits per heavy atom. The van der Waals surface area contributed by atoms with Gasteiger partial charge in [-0.15, -0.1) is 0 Å². The molecule has 3 nitrogen and oxygen atoms in total. The summed E-state index contributed by atoms with van der Waals surface area (Å²) in [5, 5.41) is 3.71. The molecule has 0 saturated heterocycles. The summed E-state index contributed by atoms with van der Waals surface area (Å²) in [5.74, 6) is 0. The summed E-state index contributed by atoms with van der Waals surface area (Å²) in [5.41, 5.74) is 3.43. The molecule has 0 saturated carbocycles. The molecule has 0 radical (unpaired) electrons. The fraction of sp³-hybridized carbons (Fsp3) is 0.118. The van der Waals surface area contributed by atoms with Crippen LogP contribution in [0.4, 0.5) is 5.69 Å². The van der Waals surface area contributed by atoms with E-state index in [-0.39, 0.29) is 0 Å². The molecular formula is C17H15N3. The summed E-state index contributed by atoms with van der Waals surface area (Å²) in [7, 11) is 4.15. The molecule has 0 bridgehead atoms. The molecule has 3 heteroatoms. The average molecular weight is 261 g/mol. The van der Waals surface area contributed by atoms with Gasteiger partial charge < -0.3 is 4.90 Å². The van der Waals surface area contributed by atoms with Gasteiger partial charge in [0.1, 0.15) is 5.65 Å². The van der Waals surface area contributed by atoms with E-state index in [1.165, 1.54) is 27.4 Å². The predicted molar refractivity (Wildman–Crippen MR) is 84.5 cm³/mol. The monoisotopic (exact) mass is 261 g/mol. The highest BCUT2D eigenvalue weighted by Crippen LogP contribution is 2.33. The molecule has 4 rings (SSSR count). The maximum atomic E-state index is 4.54. The van der Waals surface area contributed by atoms with Crippen LogP contribution in [0, 0.1) is 0 Å². The second kappa shape index (κ2) is 3.97. The van der Waals surface area contributed by atoms with Gasteiger partial charge in [-0.2, -0.15) is 0 Å². The smallest absolute Gasteiger partial charge is 0.145 e. The third kappa shape index (κ3) is 1.37. The number of para-hydroxylation sites is 1. The fourth-order valence-electron chi connectivity index (χ4n) is 2.96. The number of imidazole rings is 1. The van der Waals surface area contributed by atoms with Crippen molar-refractivity contribution in [1.82, 2.24) is 9.38 Å². The number of hydrogen-bond donors (Lipinski definition) is 0. The number of rotatable bonds is 1. The van der Waals surface area contributed by atoms with Gasteiger partial charge >= 0.3 is 0 Å². The van der Waals surface area contributed by atoms with Crippen molar-refractivity contribution in [3.05, 3.63) is 54.9 Å². The van der Waals surface area contributed by atoms with Crippen LogP contribution in [0.2, 0.25) is 0 Å². The SMILES string of the molecule is CN(C)c1cccc2c3ccccc3c3nccn3c12. The average Bonchev–Trinajstić information content (AvgIpc) is 2.96. The predicted octanol–water partition coefficient (Wildman–Crippen LogP) is 3.71. The lowest BCUT2D eigenvalue weighted by atomic mass is 10.0. The van der Waals surface area contributed by atoms with E-state index in [0.717, 1.165) is 5.65 Å². The summed E-state index contributed by atoms with van der Waals surface area (Å²) in [4.78, 5) is 6.69. The van der Waals surface area contributed by atoms with Crippen LogP contribution >= 0.6 is 0 Å². The molecule has 0 fully saturated rings. The van der Waals surface area contributed by atoms with Crippen LogP contribution in [-0.4, -0.2) is 23.5 Å². The van der Waals surface area contributed by atoms with E-state index in [9.17, 15) is 0 Å². The van der Waals surface area contributed by atoms with E-state index in [1.807, 2.05) is 12.4 Å². The summed E-state index contributed by atoms with van der Waals surface area (Å²) < 4.78 is 2.19. The number of pyridine rings is 1. The summed E-state index contributed by atoms with van der Waals surface area (Å²) in [6.07, 6.45) is 3.91. The highest BCUT2D eigenvalue weighted by atomic mass is 15.1. The van der Waals surface area contributed by atoms with Crippen molar-refractivity contribution in [2.75, 3.05) is 19.0 Å². The van der Waals surface area contributed by atoms with E-state index in [4.69, 9.17) is 0 Å². The minimum Gasteiger partial charge on any atom is -0.376 e. The first kappa shape index (κ1) is 11.3. The normalized spacial score (nSPS) is 11.5. The molecule has 0 aliphatic carbocycles. The number of nitrogens with zero attached hydrogens (tertiary/aromatic N) is 3. The Balaban J connectivity index is 2.39. The third-order valence-corrected chi connectivity index (χ3v) is 3.84. The lowest BCUT2D eigenvalue weighted by molar-refractivity contribution is 1.13. The van der Waals surface area contributed by atoms with Gasteiger partial charge in [0.05, 0.1) is 11.2 Å². The number of fused-ring (bicyclic) bond motifs is 6. The van der Waals surface area contributed by atoms with Gasteiger partial charge in [-0.25, -0.2) is 4.98 Å². The molecule has 0 N–H and O–H groups in total. The largest absolute Gasteiger partial charge is 0.376 e. The number of benzene rings is 2. The zero-order valence-corrected chi connectivity index (χ0v) is 11.5. The highest BCUT2D eigenvalue weighted by Gasteiger charge is 2.12. The molecule has 20 heavy (non-hydrogen) atoms. The van der Waals surface area contributed by atoms with E-state index >= 15 is 0 Å². The summed E-state index contributed by atoms with van der Waals surface area (Å²) >= 11 is 0. The van der Waals surface area contributed by atoms with E-state index in [1.54, 1.807) is 0 Å². The maximum absolute atomic E-state index is 4.54. The van der Waals surface area contributed by atoms with Crippen LogP contribution in [0.1, 0.15) is 0 Å². The molecule has 2 heterocycles. The Labute approximate surface area is 117 Å². The molecule has 0 atom stereocenters. The number of hydrogen-bond acceptors (Lipinski definition) is 2. The van der Waals surface area contributed by atoms with Gasteiger partial charge in [0.25, 0.3) is 0 Å². The van der Waals surface area contributed by atoms with Gasteiger partial charge in [-0.1, -0.05) is 36.4 Å². The molecule has 4 aromatic rings. The molecular weight excluding hydrogens is 246 g/mol. The Morgan fingerprint density at radius 1 is 0.900 bits per heavy atom. The first-order valence-electron chi connectivity index (χ1n) is 6.71. The van der Waals surface area contributed by atoms with Crippen molar-refractivity contribution in [2.24, 2.45) is 0 Å². The van der Waals surface area contributed by atoms with Crippen molar-refractivity contribution in [1.29, 1.82) is 0 Å². The minimum atomic E-state index is 1.02. The second-order valence-corrected chi connectivity index (χ2v) is 5.23. The molecule has 0 amide bonds. The van der Waals surface area contributed by atoms with Crippen molar-refractivity contribution in [3.8, 4) is 0 Å². The van der Waals surface area contributed by atoms with Gasteiger partial charge in [0, 0.05) is 37.3 Å². The standard InChI is InChI=1S/C17H15N3/c1-19(2)15-9-5-8-13-12-6-3-4-7-14(12)17-18-10-11-20(17)16(13)15/h3-11H,1-2H3. The van der Waals surface area contributed by atoms with Crippen LogP contribution in [0.3, 0.4) is 0 Å². The quantitative estimate of drug-likeness (QED) is 0.487. The van der Waals surface area contributed by atoms with Crippen molar-refractivity contribution >= 4 is 33.0 Å². The van der Waals surface area contributed by atoms with Crippen LogP contribution in [0.15, 0.2) is 54.9 Å². The highest BCUT2D eigenvalue weighted by molar-refractivity contribution is 6.14. The Bertz CT molecular complexity index is 935. The third-order valence-electron chi connectivity index (χ3n) is 3.84.